The smallest absolute Gasteiger partial charge is 0.382 e. The van der Waals surface area contributed by atoms with Gasteiger partial charge in [-0.05, 0) is 6.07 Å². The Morgan fingerprint density at radius 1 is 1.04 bits per heavy atom. The topological polar surface area (TPSA) is 113 Å². The molecule has 0 bridgehead atoms. The first-order chi connectivity index (χ1) is 10.7. The minimum Gasteiger partial charge on any atom is -0.382 e. The molecule has 0 fully saturated rings. The highest BCUT2D eigenvalue weighted by Gasteiger charge is 2.54. The lowest BCUT2D eigenvalue weighted by Gasteiger charge is -2.33. The van der Waals surface area contributed by atoms with Crippen molar-refractivity contribution >= 4 is 20.2 Å². The maximum atomic E-state index is 13.5. The summed E-state index contributed by atoms with van der Waals surface area (Å²) < 4.78 is 93.6. The number of hydrogen-bond donors (Lipinski definition) is 1. The molecule has 0 radical (unpaired) electrons. The Balaban J connectivity index is 3.32. The van der Waals surface area contributed by atoms with E-state index in [0.29, 0.717) is 12.5 Å². The molecule has 1 atom stereocenters. The zero-order chi connectivity index (χ0) is 18.8. The van der Waals surface area contributed by atoms with Crippen LogP contribution in [-0.4, -0.2) is 42.1 Å². The second kappa shape index (κ2) is 6.86. The lowest BCUT2D eigenvalue weighted by Crippen LogP contribution is -2.51. The van der Waals surface area contributed by atoms with Crippen molar-refractivity contribution in [2.45, 2.75) is 18.1 Å². The lowest BCUT2D eigenvalue weighted by atomic mass is 9.86. The van der Waals surface area contributed by atoms with Crippen LogP contribution in [0.1, 0.15) is 12.0 Å². The molecule has 0 aliphatic carbocycles. The molecule has 0 aromatic heterocycles. The zero-order valence-corrected chi connectivity index (χ0v) is 14.3. The van der Waals surface area contributed by atoms with Gasteiger partial charge < -0.3 is 9.92 Å². The van der Waals surface area contributed by atoms with Crippen LogP contribution in [0.2, 0.25) is 0 Å². The molecule has 0 amide bonds. The van der Waals surface area contributed by atoms with E-state index >= 15 is 0 Å². The quantitative estimate of drug-likeness (QED) is 0.693. The Hall–Kier alpha value is -1.37. The summed E-state index contributed by atoms with van der Waals surface area (Å²) in [6.07, 6.45) is -4.64. The van der Waals surface area contributed by atoms with Crippen LogP contribution in [0.4, 0.5) is 13.2 Å². The largest absolute Gasteiger partial charge is 0.410 e. The molecule has 1 aromatic rings. The minimum atomic E-state index is -5.02. The number of nitrogens with two attached hydrogens (primary N) is 1. The molecular weight excluding hydrogens is 375 g/mol. The molecule has 1 aromatic carbocycles. The Morgan fingerprint density at radius 2 is 1.58 bits per heavy atom. The van der Waals surface area contributed by atoms with Gasteiger partial charge in [-0.1, -0.05) is 18.2 Å². The second-order valence-corrected chi connectivity index (χ2v) is 8.25. The monoisotopic (exact) mass is 391 g/mol. The number of para-hydroxylation sites is 1. The molecule has 138 valence electrons. The molecule has 0 saturated heterocycles. The first kappa shape index (κ1) is 20.7. The van der Waals surface area contributed by atoms with Crippen LogP contribution in [0, 0.1) is 0 Å². The van der Waals surface area contributed by atoms with Crippen molar-refractivity contribution in [1.29, 1.82) is 0 Å². The molecule has 0 aliphatic heterocycles. The molecule has 0 heterocycles. The van der Waals surface area contributed by atoms with Gasteiger partial charge >= 0.3 is 16.3 Å². The Morgan fingerprint density at radius 3 is 2.04 bits per heavy atom. The molecule has 0 spiro atoms. The van der Waals surface area contributed by atoms with E-state index in [1.807, 2.05) is 0 Å². The van der Waals surface area contributed by atoms with Crippen LogP contribution >= 0.6 is 0 Å². The zero-order valence-electron chi connectivity index (χ0n) is 12.7. The lowest BCUT2D eigenvalue weighted by molar-refractivity contribution is -0.193. The molecule has 12 heteroatoms. The summed E-state index contributed by atoms with van der Waals surface area (Å²) in [5, 5.41) is 0. The third-order valence-corrected chi connectivity index (χ3v) is 3.99. The normalized spacial score (nSPS) is 15.8. The third-order valence-electron chi connectivity index (χ3n) is 2.91. The van der Waals surface area contributed by atoms with Gasteiger partial charge in [0.1, 0.15) is 11.3 Å². The fourth-order valence-corrected chi connectivity index (χ4v) is 2.71. The molecule has 24 heavy (non-hydrogen) atoms. The van der Waals surface area contributed by atoms with Gasteiger partial charge in [-0.15, -0.1) is 0 Å². The van der Waals surface area contributed by atoms with E-state index in [1.54, 1.807) is 0 Å². The average Bonchev–Trinajstić information content (AvgIpc) is 2.34. The molecule has 0 saturated carbocycles. The molecule has 1 unspecified atom stereocenters. The van der Waals surface area contributed by atoms with E-state index < -0.39 is 56.3 Å². The van der Waals surface area contributed by atoms with Crippen molar-refractivity contribution in [3.8, 4) is 5.75 Å². The predicted octanol–water partition coefficient (Wildman–Crippen LogP) is 1.11. The summed E-state index contributed by atoms with van der Waals surface area (Å²) in [4.78, 5) is 0. The third kappa shape index (κ3) is 5.61. The maximum Gasteiger partial charge on any atom is 0.410 e. The summed E-state index contributed by atoms with van der Waals surface area (Å²) >= 11 is 0. The molecular formula is C12H16F3NO6S2. The number of hydrogen-bond acceptors (Lipinski definition) is 7. The minimum absolute atomic E-state index is 0.598. The Bertz CT molecular complexity index is 791. The Kier molecular flexibility index (Phi) is 5.91. The average molecular weight is 391 g/mol. The van der Waals surface area contributed by atoms with Gasteiger partial charge in [0.05, 0.1) is 19.1 Å². The highest BCUT2D eigenvalue weighted by molar-refractivity contribution is 7.86. The standard InChI is InChI=1S/C12H16F3NO6S2/c1-23(17,18)21-8-7-11(16,12(13,14)15)9-5-3-4-6-10(9)22-24(2,19)20/h3-6H,7-8,16H2,1-2H3. The van der Waals surface area contributed by atoms with Crippen molar-refractivity contribution in [2.24, 2.45) is 5.73 Å². The van der Waals surface area contributed by atoms with Gasteiger partial charge in [0.2, 0.25) is 0 Å². The van der Waals surface area contributed by atoms with Crippen molar-refractivity contribution < 1.29 is 38.4 Å². The van der Waals surface area contributed by atoms with Crippen LogP contribution < -0.4 is 9.92 Å². The fourth-order valence-electron chi connectivity index (χ4n) is 1.85. The molecule has 2 N–H and O–H groups in total. The first-order valence-electron chi connectivity index (χ1n) is 6.35. The molecule has 1 rings (SSSR count). The van der Waals surface area contributed by atoms with Gasteiger partial charge in [0, 0.05) is 12.0 Å². The van der Waals surface area contributed by atoms with Crippen molar-refractivity contribution in [3.05, 3.63) is 29.8 Å². The molecule has 0 aliphatic rings. The van der Waals surface area contributed by atoms with E-state index in [9.17, 15) is 30.0 Å². The number of benzene rings is 1. The van der Waals surface area contributed by atoms with Crippen LogP contribution in [0.15, 0.2) is 24.3 Å². The van der Waals surface area contributed by atoms with E-state index in [2.05, 4.69) is 8.37 Å². The molecule has 7 nitrogen and oxygen atoms in total. The van der Waals surface area contributed by atoms with Crippen LogP contribution in [0.5, 0.6) is 5.75 Å². The SMILES string of the molecule is CS(=O)(=O)OCCC(N)(c1ccccc1OS(C)(=O)=O)C(F)(F)F. The second-order valence-electron chi connectivity index (χ2n) is 5.03. The summed E-state index contributed by atoms with van der Waals surface area (Å²) in [5.74, 6) is -0.598. The number of alkyl halides is 3. The van der Waals surface area contributed by atoms with Crippen LogP contribution in [-0.2, 0) is 30.0 Å². The van der Waals surface area contributed by atoms with Crippen molar-refractivity contribution in [2.75, 3.05) is 19.1 Å². The van der Waals surface area contributed by atoms with Crippen molar-refractivity contribution in [1.82, 2.24) is 0 Å². The highest BCUT2D eigenvalue weighted by Crippen LogP contribution is 2.43. The fraction of sp³-hybridized carbons (Fsp3) is 0.500. The summed E-state index contributed by atoms with van der Waals surface area (Å²) in [6, 6.07) is 4.46. The number of rotatable bonds is 7. The summed E-state index contributed by atoms with van der Waals surface area (Å²) in [5.41, 5.74) is 1.75. The van der Waals surface area contributed by atoms with Crippen LogP contribution in [0.3, 0.4) is 0 Å². The van der Waals surface area contributed by atoms with Gasteiger partial charge in [-0.25, -0.2) is 0 Å². The van der Waals surface area contributed by atoms with Gasteiger partial charge in [0.15, 0.2) is 0 Å². The summed E-state index contributed by atoms with van der Waals surface area (Å²) in [6.45, 7) is -0.845. The predicted molar refractivity (Wildman–Crippen MR) is 79.2 cm³/mol. The van der Waals surface area contributed by atoms with E-state index in [0.717, 1.165) is 12.1 Å². The van der Waals surface area contributed by atoms with E-state index in [1.165, 1.54) is 12.1 Å². The number of halogens is 3. The van der Waals surface area contributed by atoms with E-state index in [4.69, 9.17) is 5.73 Å². The first-order valence-corrected chi connectivity index (χ1v) is 9.98. The Labute approximate surface area is 137 Å². The highest BCUT2D eigenvalue weighted by atomic mass is 32.2. The summed E-state index contributed by atoms with van der Waals surface area (Å²) in [7, 11) is -8.06. The van der Waals surface area contributed by atoms with Crippen LogP contribution in [0.25, 0.3) is 0 Å². The van der Waals surface area contributed by atoms with E-state index in [-0.39, 0.29) is 0 Å². The van der Waals surface area contributed by atoms with Gasteiger partial charge in [-0.3, -0.25) is 4.18 Å². The van der Waals surface area contributed by atoms with Gasteiger partial charge in [0.25, 0.3) is 10.1 Å². The van der Waals surface area contributed by atoms with Crippen molar-refractivity contribution in [3.63, 3.8) is 0 Å². The maximum absolute atomic E-state index is 13.5. The van der Waals surface area contributed by atoms with Gasteiger partial charge in [-0.2, -0.15) is 30.0 Å².